The zero-order valence-corrected chi connectivity index (χ0v) is 16.4. The molecule has 1 aromatic rings. The Labute approximate surface area is 162 Å². The van der Waals surface area contributed by atoms with Crippen LogP contribution < -0.4 is 5.32 Å². The molecule has 1 aliphatic carbocycles. The van der Waals surface area contributed by atoms with Crippen LogP contribution >= 0.6 is 0 Å². The van der Waals surface area contributed by atoms with Gasteiger partial charge in [0.05, 0.1) is 11.1 Å². The molecule has 0 aromatic carbocycles. The maximum atomic E-state index is 12.9. The van der Waals surface area contributed by atoms with Crippen molar-refractivity contribution in [3.8, 4) is 0 Å². The summed E-state index contributed by atoms with van der Waals surface area (Å²) in [7, 11) is 0. The van der Waals surface area contributed by atoms with E-state index in [9.17, 15) is 9.59 Å². The molecular weight excluding hydrogens is 338 g/mol. The number of pyridine rings is 1. The molecular formula is C22H31N3O2. The van der Waals surface area contributed by atoms with Crippen molar-refractivity contribution < 1.29 is 9.59 Å². The van der Waals surface area contributed by atoms with Crippen LogP contribution in [0.1, 0.15) is 85.4 Å². The normalized spacial score (nSPS) is 20.1. The molecule has 2 aliphatic rings. The first-order valence-electron chi connectivity index (χ1n) is 10.4. The van der Waals surface area contributed by atoms with E-state index in [0.717, 1.165) is 45.1 Å². The maximum Gasteiger partial charge on any atom is 0.255 e. The highest BCUT2D eigenvalue weighted by Gasteiger charge is 2.26. The third kappa shape index (κ3) is 5.18. The number of allylic oxidation sites excluding steroid dienone is 1. The predicted octanol–water partition coefficient (Wildman–Crippen LogP) is 4.11. The fourth-order valence-electron chi connectivity index (χ4n) is 4.11. The Hall–Kier alpha value is -2.17. The van der Waals surface area contributed by atoms with Gasteiger partial charge in [-0.3, -0.25) is 14.6 Å². The van der Waals surface area contributed by atoms with Gasteiger partial charge in [0.1, 0.15) is 0 Å². The number of rotatable bonds is 6. The highest BCUT2D eigenvalue weighted by molar-refractivity contribution is 5.99. The van der Waals surface area contributed by atoms with Gasteiger partial charge in [0.2, 0.25) is 0 Å². The second-order valence-corrected chi connectivity index (χ2v) is 7.63. The second-order valence-electron chi connectivity index (χ2n) is 7.63. The molecule has 5 nitrogen and oxygen atoms in total. The number of carbonyl (C=O) groups is 2. The topological polar surface area (TPSA) is 62.3 Å². The van der Waals surface area contributed by atoms with Crippen LogP contribution in [0.25, 0.3) is 0 Å². The summed E-state index contributed by atoms with van der Waals surface area (Å²) in [5.41, 5.74) is 2.42. The molecule has 1 unspecified atom stereocenters. The second kappa shape index (κ2) is 9.67. The van der Waals surface area contributed by atoms with Gasteiger partial charge in [-0.15, -0.1) is 0 Å². The molecule has 0 saturated carbocycles. The molecule has 0 radical (unpaired) electrons. The number of nitrogens with one attached hydrogen (secondary N) is 1. The van der Waals surface area contributed by atoms with E-state index >= 15 is 0 Å². The van der Waals surface area contributed by atoms with Gasteiger partial charge in [-0.1, -0.05) is 18.6 Å². The minimum atomic E-state index is -0.153. The smallest absolute Gasteiger partial charge is 0.255 e. The van der Waals surface area contributed by atoms with Crippen molar-refractivity contribution in [2.24, 2.45) is 0 Å². The Bertz CT molecular complexity index is 699. The monoisotopic (exact) mass is 369 g/mol. The summed E-state index contributed by atoms with van der Waals surface area (Å²) in [5.74, 6) is -0.157. The first-order valence-corrected chi connectivity index (χ1v) is 10.4. The van der Waals surface area contributed by atoms with Gasteiger partial charge in [-0.05, 0) is 63.9 Å². The van der Waals surface area contributed by atoms with E-state index in [4.69, 9.17) is 0 Å². The van der Waals surface area contributed by atoms with Crippen molar-refractivity contribution in [1.82, 2.24) is 15.2 Å². The van der Waals surface area contributed by atoms with E-state index < -0.39 is 0 Å². The van der Waals surface area contributed by atoms with Gasteiger partial charge in [-0.2, -0.15) is 0 Å². The van der Waals surface area contributed by atoms with Crippen LogP contribution in [0.4, 0.5) is 0 Å². The van der Waals surface area contributed by atoms with Crippen LogP contribution in [0.15, 0.2) is 30.1 Å². The first-order chi connectivity index (χ1) is 13.2. The van der Waals surface area contributed by atoms with E-state index in [-0.39, 0.29) is 11.8 Å². The summed E-state index contributed by atoms with van der Waals surface area (Å²) in [6.45, 7) is 3.55. The van der Waals surface area contributed by atoms with E-state index in [0.29, 0.717) is 23.7 Å². The first kappa shape index (κ1) is 19.6. The summed E-state index contributed by atoms with van der Waals surface area (Å²) in [6, 6.07) is 1.98. The van der Waals surface area contributed by atoms with Crippen molar-refractivity contribution in [3.05, 3.63) is 41.2 Å². The van der Waals surface area contributed by atoms with Gasteiger partial charge < -0.3 is 10.2 Å². The van der Waals surface area contributed by atoms with Crippen LogP contribution in [0, 0.1) is 0 Å². The Morgan fingerprint density at radius 1 is 1.19 bits per heavy atom. The zero-order valence-electron chi connectivity index (χ0n) is 16.4. The third-order valence-corrected chi connectivity index (χ3v) is 5.72. The Kier molecular flexibility index (Phi) is 7.02. The molecule has 3 rings (SSSR count). The zero-order chi connectivity index (χ0) is 19.1. The Morgan fingerprint density at radius 3 is 2.81 bits per heavy atom. The lowest BCUT2D eigenvalue weighted by Crippen LogP contribution is -2.43. The molecule has 1 aliphatic heterocycles. The van der Waals surface area contributed by atoms with Crippen molar-refractivity contribution in [2.45, 2.75) is 70.8 Å². The number of carbonyl (C=O) groups excluding carboxylic acids is 2. The largest absolute Gasteiger partial charge is 0.352 e. The van der Waals surface area contributed by atoms with E-state index in [1.54, 1.807) is 18.5 Å². The number of nitrogens with zero attached hydrogens (tertiary/aromatic N) is 2. The van der Waals surface area contributed by atoms with Crippen LogP contribution in [-0.2, 0) is 0 Å². The highest BCUT2D eigenvalue weighted by Crippen LogP contribution is 2.22. The fraction of sp³-hybridized carbons (Fsp3) is 0.591. The van der Waals surface area contributed by atoms with E-state index in [1.807, 2.05) is 4.90 Å². The lowest BCUT2D eigenvalue weighted by Gasteiger charge is -2.35. The number of hydrogen-bond acceptors (Lipinski definition) is 3. The standard InChI is InChI=1S/C22H31N3O2/c1-2-20-10-6-7-13-25(20)22(27)19-14-18(15-23-16-19)21(26)24-12-11-17-8-4-3-5-9-17/h8,14-16,20H,2-7,9-13H2,1H3,(H,24,26). The quantitative estimate of drug-likeness (QED) is 0.768. The SMILES string of the molecule is CCC1CCCCN1C(=O)c1cncc(C(=O)NCCC2=CCCCC2)c1. The van der Waals surface area contributed by atoms with E-state index in [2.05, 4.69) is 23.3 Å². The fourth-order valence-corrected chi connectivity index (χ4v) is 4.11. The minimum absolute atomic E-state index is 0.00365. The number of likely N-dealkylation sites (tertiary alicyclic amines) is 1. The van der Waals surface area contributed by atoms with Gasteiger partial charge in [0, 0.05) is 31.5 Å². The minimum Gasteiger partial charge on any atom is -0.352 e. The molecule has 1 fully saturated rings. The molecule has 0 bridgehead atoms. The molecule has 1 aromatic heterocycles. The van der Waals surface area contributed by atoms with Gasteiger partial charge in [0.15, 0.2) is 0 Å². The number of amides is 2. The summed E-state index contributed by atoms with van der Waals surface area (Å²) in [4.78, 5) is 31.5. The van der Waals surface area contributed by atoms with Crippen molar-refractivity contribution in [3.63, 3.8) is 0 Å². The van der Waals surface area contributed by atoms with Crippen LogP contribution in [0.5, 0.6) is 0 Å². The van der Waals surface area contributed by atoms with Gasteiger partial charge >= 0.3 is 0 Å². The number of aromatic nitrogens is 1. The molecule has 2 heterocycles. The summed E-state index contributed by atoms with van der Waals surface area (Å²) >= 11 is 0. The number of piperidine rings is 1. The molecule has 1 N–H and O–H groups in total. The van der Waals surface area contributed by atoms with Gasteiger partial charge in [0.25, 0.3) is 11.8 Å². The molecule has 1 atom stereocenters. The molecule has 1 saturated heterocycles. The lowest BCUT2D eigenvalue weighted by molar-refractivity contribution is 0.0607. The summed E-state index contributed by atoms with van der Waals surface area (Å²) < 4.78 is 0. The summed E-state index contributed by atoms with van der Waals surface area (Å²) in [6.07, 6.45) is 15.4. The average Bonchev–Trinajstić information content (AvgIpc) is 2.74. The molecule has 27 heavy (non-hydrogen) atoms. The van der Waals surface area contributed by atoms with Crippen LogP contribution in [0.2, 0.25) is 0 Å². The van der Waals surface area contributed by atoms with Crippen molar-refractivity contribution in [1.29, 1.82) is 0 Å². The van der Waals surface area contributed by atoms with Crippen molar-refractivity contribution in [2.75, 3.05) is 13.1 Å². The molecule has 146 valence electrons. The van der Waals surface area contributed by atoms with Crippen molar-refractivity contribution >= 4 is 11.8 Å². The Morgan fingerprint density at radius 2 is 2.04 bits per heavy atom. The predicted molar refractivity (Wildman–Crippen MR) is 107 cm³/mol. The summed E-state index contributed by atoms with van der Waals surface area (Å²) in [5, 5.41) is 2.97. The van der Waals surface area contributed by atoms with E-state index in [1.165, 1.54) is 24.8 Å². The van der Waals surface area contributed by atoms with Crippen LogP contribution in [-0.4, -0.2) is 40.8 Å². The number of hydrogen-bond donors (Lipinski definition) is 1. The molecule has 0 spiro atoms. The maximum absolute atomic E-state index is 12.9. The molecule has 5 heteroatoms. The van der Waals surface area contributed by atoms with Crippen LogP contribution in [0.3, 0.4) is 0 Å². The molecule has 2 amide bonds. The average molecular weight is 370 g/mol. The third-order valence-electron chi connectivity index (χ3n) is 5.72. The Balaban J connectivity index is 1.59. The highest BCUT2D eigenvalue weighted by atomic mass is 16.2. The van der Waals surface area contributed by atoms with Gasteiger partial charge in [-0.25, -0.2) is 0 Å². The lowest BCUT2D eigenvalue weighted by atomic mass is 9.97.